The van der Waals surface area contributed by atoms with Gasteiger partial charge in [0.05, 0.1) is 23.3 Å². The highest BCUT2D eigenvalue weighted by molar-refractivity contribution is 7.92. The van der Waals surface area contributed by atoms with Crippen molar-refractivity contribution in [2.75, 3.05) is 11.8 Å². The monoisotopic (exact) mass is 319 g/mol. The van der Waals surface area contributed by atoms with Crippen molar-refractivity contribution in [3.63, 3.8) is 0 Å². The number of ether oxygens (including phenoxy) is 1. The number of esters is 1. The first kappa shape index (κ1) is 16.0. The van der Waals surface area contributed by atoms with E-state index in [-0.39, 0.29) is 16.1 Å². The lowest BCUT2D eigenvalue weighted by Gasteiger charge is -2.14. The Labute approximate surface area is 130 Å². The average molecular weight is 319 g/mol. The van der Waals surface area contributed by atoms with Crippen LogP contribution in [0.3, 0.4) is 0 Å². The number of carbonyl (C=O) groups excluding carboxylic acids is 1. The summed E-state index contributed by atoms with van der Waals surface area (Å²) in [5.41, 5.74) is 2.01. The van der Waals surface area contributed by atoms with E-state index in [4.69, 9.17) is 4.74 Å². The Morgan fingerprint density at radius 1 is 1.05 bits per heavy atom. The van der Waals surface area contributed by atoms with Crippen LogP contribution < -0.4 is 4.72 Å². The number of rotatable bonds is 4. The van der Waals surface area contributed by atoms with E-state index in [2.05, 4.69) is 4.72 Å². The number of benzene rings is 2. The summed E-state index contributed by atoms with van der Waals surface area (Å²) in [7, 11) is -2.52. The molecule has 0 fully saturated rings. The summed E-state index contributed by atoms with van der Waals surface area (Å²) >= 11 is 0. The maximum absolute atomic E-state index is 12.5. The number of anilines is 1. The van der Waals surface area contributed by atoms with Gasteiger partial charge >= 0.3 is 5.97 Å². The first-order valence-electron chi connectivity index (χ1n) is 6.62. The van der Waals surface area contributed by atoms with Crippen LogP contribution in [0.25, 0.3) is 0 Å². The number of sulfonamides is 1. The Balaban J connectivity index is 2.46. The molecule has 2 aromatic carbocycles. The summed E-state index contributed by atoms with van der Waals surface area (Å²) in [4.78, 5) is 11.9. The van der Waals surface area contributed by atoms with Gasteiger partial charge in [-0.3, -0.25) is 4.72 Å². The Kier molecular flexibility index (Phi) is 4.51. The minimum absolute atomic E-state index is 0.136. The summed E-state index contributed by atoms with van der Waals surface area (Å²) in [6, 6.07) is 11.4. The van der Waals surface area contributed by atoms with Crippen LogP contribution in [0.15, 0.2) is 47.4 Å². The molecule has 0 aromatic heterocycles. The van der Waals surface area contributed by atoms with Crippen LogP contribution in [0.5, 0.6) is 0 Å². The maximum Gasteiger partial charge on any atom is 0.340 e. The maximum atomic E-state index is 12.5. The Bertz CT molecular complexity index is 795. The zero-order chi connectivity index (χ0) is 16.3. The third kappa shape index (κ3) is 3.28. The van der Waals surface area contributed by atoms with Gasteiger partial charge in [0.1, 0.15) is 0 Å². The molecule has 0 saturated heterocycles. The SMILES string of the molecule is COC(=O)c1cccc(C)c1NS(=O)(=O)c1ccc(C)cc1. The lowest BCUT2D eigenvalue weighted by atomic mass is 10.1. The summed E-state index contributed by atoms with van der Waals surface area (Å²) in [6.45, 7) is 3.60. The van der Waals surface area contributed by atoms with Crippen LogP contribution in [-0.2, 0) is 14.8 Å². The van der Waals surface area contributed by atoms with Gasteiger partial charge in [0.15, 0.2) is 0 Å². The number of methoxy groups -OCH3 is 1. The van der Waals surface area contributed by atoms with Gasteiger partial charge in [0, 0.05) is 0 Å². The minimum atomic E-state index is -3.77. The fourth-order valence-corrected chi connectivity index (χ4v) is 3.15. The topological polar surface area (TPSA) is 72.5 Å². The second-order valence-corrected chi connectivity index (χ2v) is 6.59. The molecule has 0 bridgehead atoms. The van der Waals surface area contributed by atoms with Crippen molar-refractivity contribution in [2.24, 2.45) is 0 Å². The summed E-state index contributed by atoms with van der Waals surface area (Å²) in [6.07, 6.45) is 0. The molecule has 116 valence electrons. The Morgan fingerprint density at radius 2 is 1.68 bits per heavy atom. The molecule has 0 aliphatic carbocycles. The number of aryl methyl sites for hydroxylation is 2. The molecule has 0 aliphatic heterocycles. The number of para-hydroxylation sites is 1. The molecule has 0 aliphatic rings. The predicted octanol–water partition coefficient (Wildman–Crippen LogP) is 2.89. The molecule has 5 nitrogen and oxygen atoms in total. The molecule has 0 amide bonds. The lowest BCUT2D eigenvalue weighted by molar-refractivity contribution is 0.0602. The number of hydrogen-bond donors (Lipinski definition) is 1. The zero-order valence-corrected chi connectivity index (χ0v) is 13.4. The third-order valence-electron chi connectivity index (χ3n) is 3.25. The van der Waals surface area contributed by atoms with Gasteiger partial charge < -0.3 is 4.74 Å². The van der Waals surface area contributed by atoms with Crippen LogP contribution in [0.1, 0.15) is 21.5 Å². The van der Waals surface area contributed by atoms with Gasteiger partial charge in [-0.05, 0) is 37.6 Å². The van der Waals surface area contributed by atoms with Gasteiger partial charge in [-0.25, -0.2) is 13.2 Å². The van der Waals surface area contributed by atoms with Gasteiger partial charge in [-0.15, -0.1) is 0 Å². The first-order chi connectivity index (χ1) is 10.3. The normalized spacial score (nSPS) is 11.0. The van der Waals surface area contributed by atoms with Gasteiger partial charge in [0.2, 0.25) is 0 Å². The first-order valence-corrected chi connectivity index (χ1v) is 8.11. The quantitative estimate of drug-likeness (QED) is 0.880. The zero-order valence-electron chi connectivity index (χ0n) is 12.6. The molecule has 0 atom stereocenters. The van der Waals surface area contributed by atoms with E-state index in [0.29, 0.717) is 5.56 Å². The van der Waals surface area contributed by atoms with Gasteiger partial charge in [-0.1, -0.05) is 29.8 Å². The Morgan fingerprint density at radius 3 is 2.27 bits per heavy atom. The molecule has 0 saturated carbocycles. The average Bonchev–Trinajstić information content (AvgIpc) is 2.49. The van der Waals surface area contributed by atoms with Crippen molar-refractivity contribution < 1.29 is 17.9 Å². The summed E-state index contributed by atoms with van der Waals surface area (Å²) < 4.78 is 32.1. The van der Waals surface area contributed by atoms with Gasteiger partial charge in [-0.2, -0.15) is 0 Å². The van der Waals surface area contributed by atoms with E-state index in [1.54, 1.807) is 31.2 Å². The van der Waals surface area contributed by atoms with E-state index in [0.717, 1.165) is 5.56 Å². The van der Waals surface area contributed by atoms with Crippen molar-refractivity contribution >= 4 is 21.7 Å². The van der Waals surface area contributed by atoms with Crippen LogP contribution in [0, 0.1) is 13.8 Å². The third-order valence-corrected chi connectivity index (χ3v) is 4.61. The predicted molar refractivity (Wildman–Crippen MR) is 84.5 cm³/mol. The van der Waals surface area contributed by atoms with Crippen molar-refractivity contribution in [3.05, 3.63) is 59.2 Å². The molecule has 2 aromatic rings. The van der Waals surface area contributed by atoms with Crippen LogP contribution in [-0.4, -0.2) is 21.5 Å². The fourth-order valence-electron chi connectivity index (χ4n) is 1.99. The molecule has 6 heteroatoms. The number of hydrogen-bond acceptors (Lipinski definition) is 4. The van der Waals surface area contributed by atoms with Crippen LogP contribution in [0.4, 0.5) is 5.69 Å². The van der Waals surface area contributed by atoms with Crippen molar-refractivity contribution in [1.29, 1.82) is 0 Å². The van der Waals surface area contributed by atoms with Crippen molar-refractivity contribution in [2.45, 2.75) is 18.7 Å². The molecule has 0 spiro atoms. The minimum Gasteiger partial charge on any atom is -0.465 e. The molecule has 0 heterocycles. The molecule has 2 rings (SSSR count). The van der Waals surface area contributed by atoms with E-state index >= 15 is 0 Å². The standard InChI is InChI=1S/C16H17NO4S/c1-11-7-9-13(10-8-11)22(19,20)17-15-12(2)5-4-6-14(15)16(18)21-3/h4-10,17H,1-3H3. The summed E-state index contributed by atoms with van der Waals surface area (Å²) in [5.74, 6) is -0.592. The second-order valence-electron chi connectivity index (χ2n) is 4.91. The molecule has 0 radical (unpaired) electrons. The highest BCUT2D eigenvalue weighted by atomic mass is 32.2. The van der Waals surface area contributed by atoms with E-state index in [1.165, 1.54) is 25.3 Å². The largest absolute Gasteiger partial charge is 0.465 e. The number of nitrogens with one attached hydrogen (secondary N) is 1. The molecular weight excluding hydrogens is 302 g/mol. The molecular formula is C16H17NO4S. The van der Waals surface area contributed by atoms with Crippen LogP contribution >= 0.6 is 0 Å². The van der Waals surface area contributed by atoms with Crippen molar-refractivity contribution in [3.8, 4) is 0 Å². The van der Waals surface area contributed by atoms with E-state index in [1.807, 2.05) is 6.92 Å². The van der Waals surface area contributed by atoms with E-state index in [9.17, 15) is 13.2 Å². The van der Waals surface area contributed by atoms with Crippen molar-refractivity contribution in [1.82, 2.24) is 0 Å². The molecule has 1 N–H and O–H groups in total. The van der Waals surface area contributed by atoms with Gasteiger partial charge in [0.25, 0.3) is 10.0 Å². The lowest BCUT2D eigenvalue weighted by Crippen LogP contribution is -2.17. The number of carbonyl (C=O) groups is 1. The summed E-state index contributed by atoms with van der Waals surface area (Å²) in [5, 5.41) is 0. The highest BCUT2D eigenvalue weighted by Gasteiger charge is 2.20. The molecule has 0 unspecified atom stereocenters. The highest BCUT2D eigenvalue weighted by Crippen LogP contribution is 2.25. The van der Waals surface area contributed by atoms with E-state index < -0.39 is 16.0 Å². The fraction of sp³-hybridized carbons (Fsp3) is 0.188. The molecule has 22 heavy (non-hydrogen) atoms. The Hall–Kier alpha value is -2.34. The van der Waals surface area contributed by atoms with Crippen LogP contribution in [0.2, 0.25) is 0 Å². The second kappa shape index (κ2) is 6.19. The smallest absolute Gasteiger partial charge is 0.340 e.